The van der Waals surface area contributed by atoms with E-state index in [1.54, 1.807) is 12.1 Å². The van der Waals surface area contributed by atoms with Gasteiger partial charge in [-0.25, -0.2) is 0 Å². The van der Waals surface area contributed by atoms with Crippen molar-refractivity contribution in [2.75, 3.05) is 6.54 Å². The van der Waals surface area contributed by atoms with E-state index in [1.165, 1.54) is 0 Å². The van der Waals surface area contributed by atoms with Crippen LogP contribution in [0, 0.1) is 0 Å². The molecule has 0 radical (unpaired) electrons. The number of aromatic nitrogens is 1. The van der Waals surface area contributed by atoms with Crippen LogP contribution in [0.3, 0.4) is 0 Å². The predicted molar refractivity (Wildman–Crippen MR) is 94.5 cm³/mol. The summed E-state index contributed by atoms with van der Waals surface area (Å²) in [5.41, 5.74) is 2.12. The number of fused-ring (bicyclic) bond motifs is 1. The Balaban J connectivity index is 1.56. The van der Waals surface area contributed by atoms with E-state index in [0.29, 0.717) is 13.1 Å². The molecule has 0 saturated carbocycles. The molecule has 1 aromatic heterocycles. The van der Waals surface area contributed by atoms with Crippen LogP contribution in [-0.4, -0.2) is 22.1 Å². The van der Waals surface area contributed by atoms with Crippen molar-refractivity contribution in [1.82, 2.24) is 9.88 Å². The van der Waals surface area contributed by atoms with Gasteiger partial charge in [0.2, 0.25) is 5.91 Å². The first-order chi connectivity index (χ1) is 11.1. The molecule has 0 bridgehead atoms. The molecule has 0 atom stereocenters. The van der Waals surface area contributed by atoms with Gasteiger partial charge >= 0.3 is 0 Å². The Hall–Kier alpha value is -2.27. The van der Waals surface area contributed by atoms with Gasteiger partial charge in [0.1, 0.15) is 12.3 Å². The maximum atomic E-state index is 12.1. The van der Waals surface area contributed by atoms with Gasteiger partial charge in [-0.3, -0.25) is 4.79 Å². The van der Waals surface area contributed by atoms with E-state index in [1.807, 2.05) is 47.2 Å². The highest BCUT2D eigenvalue weighted by Gasteiger charge is 2.06. The van der Waals surface area contributed by atoms with Gasteiger partial charge in [-0.05, 0) is 47.7 Å². The van der Waals surface area contributed by atoms with Crippen molar-refractivity contribution < 1.29 is 9.90 Å². The smallest absolute Gasteiger partial charge is 0.239 e. The number of carbonyl (C=O) groups excluding carboxylic acids is 1. The van der Waals surface area contributed by atoms with E-state index in [4.69, 9.17) is 0 Å². The SMILES string of the molecule is O=C(Cn1ccc2ccc(Br)cc21)NCCc1ccc(O)cc1. The number of phenols is 1. The lowest BCUT2D eigenvalue weighted by Gasteiger charge is -2.08. The molecule has 0 aliphatic heterocycles. The number of amides is 1. The summed E-state index contributed by atoms with van der Waals surface area (Å²) in [6, 6.07) is 15.1. The lowest BCUT2D eigenvalue weighted by Crippen LogP contribution is -2.29. The first-order valence-corrected chi connectivity index (χ1v) is 8.20. The van der Waals surface area contributed by atoms with E-state index < -0.39 is 0 Å². The molecule has 1 amide bonds. The zero-order valence-electron chi connectivity index (χ0n) is 12.5. The minimum Gasteiger partial charge on any atom is -0.508 e. The molecule has 0 unspecified atom stereocenters. The molecule has 0 aliphatic carbocycles. The third-order valence-corrected chi connectivity index (χ3v) is 4.22. The second-order valence-electron chi connectivity index (χ2n) is 5.41. The second-order valence-corrected chi connectivity index (χ2v) is 6.33. The van der Waals surface area contributed by atoms with Crippen LogP contribution in [0.1, 0.15) is 5.56 Å². The van der Waals surface area contributed by atoms with Gasteiger partial charge in [0.05, 0.1) is 0 Å². The third-order valence-electron chi connectivity index (χ3n) is 3.72. The molecule has 0 spiro atoms. The number of benzene rings is 2. The summed E-state index contributed by atoms with van der Waals surface area (Å²) in [6.07, 6.45) is 2.67. The topological polar surface area (TPSA) is 54.3 Å². The summed E-state index contributed by atoms with van der Waals surface area (Å²) in [7, 11) is 0. The molecule has 118 valence electrons. The van der Waals surface area contributed by atoms with Crippen molar-refractivity contribution in [3.63, 3.8) is 0 Å². The van der Waals surface area contributed by atoms with E-state index in [2.05, 4.69) is 21.2 Å². The molecule has 23 heavy (non-hydrogen) atoms. The number of rotatable bonds is 5. The molecule has 2 aromatic carbocycles. The fourth-order valence-corrected chi connectivity index (χ4v) is 2.86. The number of halogens is 1. The monoisotopic (exact) mass is 372 g/mol. The van der Waals surface area contributed by atoms with Crippen molar-refractivity contribution in [2.24, 2.45) is 0 Å². The Kier molecular flexibility index (Phi) is 4.67. The van der Waals surface area contributed by atoms with Crippen molar-refractivity contribution in [1.29, 1.82) is 0 Å². The zero-order chi connectivity index (χ0) is 16.2. The number of hydrogen-bond donors (Lipinski definition) is 2. The molecule has 0 aliphatic rings. The van der Waals surface area contributed by atoms with Crippen LogP contribution in [0.4, 0.5) is 0 Å². The van der Waals surface area contributed by atoms with Crippen LogP contribution < -0.4 is 5.32 Å². The van der Waals surface area contributed by atoms with Gasteiger partial charge in [0.15, 0.2) is 0 Å². The third kappa shape index (κ3) is 3.93. The number of carbonyl (C=O) groups is 1. The maximum absolute atomic E-state index is 12.1. The minimum atomic E-state index is -0.0127. The molecule has 0 saturated heterocycles. The summed E-state index contributed by atoms with van der Waals surface area (Å²) >= 11 is 3.46. The van der Waals surface area contributed by atoms with E-state index in [0.717, 1.165) is 27.4 Å². The van der Waals surface area contributed by atoms with Gasteiger partial charge in [-0.15, -0.1) is 0 Å². The Morgan fingerprint density at radius 1 is 1.13 bits per heavy atom. The summed E-state index contributed by atoms with van der Waals surface area (Å²) in [5, 5.41) is 13.3. The van der Waals surface area contributed by atoms with Crippen LogP contribution in [0.25, 0.3) is 10.9 Å². The molecular formula is C18H17BrN2O2. The van der Waals surface area contributed by atoms with E-state index in [9.17, 15) is 9.90 Å². The number of aromatic hydroxyl groups is 1. The van der Waals surface area contributed by atoms with Gasteiger partial charge in [-0.2, -0.15) is 0 Å². The second kappa shape index (κ2) is 6.87. The molecule has 1 heterocycles. The average Bonchev–Trinajstić information content (AvgIpc) is 2.91. The van der Waals surface area contributed by atoms with Crippen molar-refractivity contribution in [3.05, 3.63) is 64.8 Å². The molecule has 4 nitrogen and oxygen atoms in total. The highest BCUT2D eigenvalue weighted by atomic mass is 79.9. The molecule has 0 fully saturated rings. The highest BCUT2D eigenvalue weighted by molar-refractivity contribution is 9.10. The van der Waals surface area contributed by atoms with Gasteiger partial charge in [-0.1, -0.05) is 34.1 Å². The van der Waals surface area contributed by atoms with Gasteiger partial charge in [0, 0.05) is 22.7 Å². The van der Waals surface area contributed by atoms with Crippen molar-refractivity contribution >= 4 is 32.7 Å². The first kappa shape index (κ1) is 15.6. The lowest BCUT2D eigenvalue weighted by molar-refractivity contribution is -0.121. The largest absolute Gasteiger partial charge is 0.508 e. The molecule has 3 rings (SSSR count). The van der Waals surface area contributed by atoms with Crippen molar-refractivity contribution in [2.45, 2.75) is 13.0 Å². The quantitative estimate of drug-likeness (QED) is 0.720. The molecule has 2 N–H and O–H groups in total. The fourth-order valence-electron chi connectivity index (χ4n) is 2.51. The van der Waals surface area contributed by atoms with E-state index >= 15 is 0 Å². The minimum absolute atomic E-state index is 0.0127. The molecule has 3 aromatic rings. The standard InChI is InChI=1S/C18H17BrN2O2/c19-15-4-3-14-8-10-21(17(14)11-15)12-18(23)20-9-7-13-1-5-16(22)6-2-13/h1-6,8,10-11,22H,7,9,12H2,(H,20,23). The molecular weight excluding hydrogens is 356 g/mol. The summed E-state index contributed by atoms with van der Waals surface area (Å²) < 4.78 is 2.94. The van der Waals surface area contributed by atoms with Crippen LogP contribution in [0.15, 0.2) is 59.2 Å². The normalized spacial score (nSPS) is 10.8. The number of phenolic OH excluding ortho intramolecular Hbond substituents is 1. The Labute approximate surface area is 142 Å². The fraction of sp³-hybridized carbons (Fsp3) is 0.167. The van der Waals surface area contributed by atoms with Crippen LogP contribution >= 0.6 is 15.9 Å². The Morgan fingerprint density at radius 3 is 2.70 bits per heavy atom. The number of hydrogen-bond acceptors (Lipinski definition) is 2. The van der Waals surface area contributed by atoms with Gasteiger partial charge < -0.3 is 15.0 Å². The summed E-state index contributed by atoms with van der Waals surface area (Å²) in [5.74, 6) is 0.240. The number of nitrogens with one attached hydrogen (secondary N) is 1. The zero-order valence-corrected chi connectivity index (χ0v) is 14.1. The van der Waals surface area contributed by atoms with E-state index in [-0.39, 0.29) is 11.7 Å². The maximum Gasteiger partial charge on any atom is 0.239 e. The van der Waals surface area contributed by atoms with Crippen LogP contribution in [0.2, 0.25) is 0 Å². The summed E-state index contributed by atoms with van der Waals surface area (Å²) in [4.78, 5) is 12.1. The first-order valence-electron chi connectivity index (χ1n) is 7.41. The number of nitrogens with zero attached hydrogens (tertiary/aromatic N) is 1. The van der Waals surface area contributed by atoms with Gasteiger partial charge in [0.25, 0.3) is 0 Å². The summed E-state index contributed by atoms with van der Waals surface area (Å²) in [6.45, 7) is 0.877. The van der Waals surface area contributed by atoms with Crippen molar-refractivity contribution in [3.8, 4) is 5.75 Å². The Bertz CT molecular complexity index is 825. The van der Waals surface area contributed by atoms with Crippen LogP contribution in [0.5, 0.6) is 5.75 Å². The average molecular weight is 373 g/mol. The lowest BCUT2D eigenvalue weighted by atomic mass is 10.1. The Morgan fingerprint density at radius 2 is 1.91 bits per heavy atom. The highest BCUT2D eigenvalue weighted by Crippen LogP contribution is 2.20. The molecule has 5 heteroatoms. The van der Waals surface area contributed by atoms with Crippen LogP contribution in [-0.2, 0) is 17.8 Å². The predicted octanol–water partition coefficient (Wildman–Crippen LogP) is 3.47.